The number of nitrogens with zero attached hydrogens (tertiary/aromatic N) is 2. The molecular weight excluding hydrogens is 253 g/mol. The van der Waals surface area contributed by atoms with Gasteiger partial charge in [0.2, 0.25) is 0 Å². The molecule has 0 saturated carbocycles. The van der Waals surface area contributed by atoms with Crippen molar-refractivity contribution < 1.29 is 17.9 Å². The third-order valence-electron chi connectivity index (χ3n) is 1.19. The summed E-state index contributed by atoms with van der Waals surface area (Å²) in [5.41, 5.74) is 0. The Morgan fingerprint density at radius 1 is 1.54 bits per heavy atom. The maximum absolute atomic E-state index is 11.5. The normalized spacial score (nSPS) is 12.0. The average Bonchev–Trinajstić information content (AvgIpc) is 2.33. The minimum Gasteiger partial charge on any atom is -0.290 e. The van der Waals surface area contributed by atoms with E-state index in [1.54, 1.807) is 6.20 Å². The highest BCUT2D eigenvalue weighted by Crippen LogP contribution is 2.15. The van der Waals surface area contributed by atoms with Crippen LogP contribution in [-0.4, -0.2) is 22.7 Å². The molecule has 0 amide bonds. The lowest BCUT2D eigenvalue weighted by atomic mass is 10.7. The fourth-order valence-corrected chi connectivity index (χ4v) is 1.04. The standard InChI is InChI=1S/C6H6BrF3N2O/c7-5-3-11-12(4-5)1-2-13-6(8,9)10/h3-4H,1-2H2. The van der Waals surface area contributed by atoms with E-state index in [0.717, 1.165) is 4.47 Å². The van der Waals surface area contributed by atoms with Gasteiger partial charge in [0.05, 0.1) is 23.8 Å². The topological polar surface area (TPSA) is 27.1 Å². The molecule has 7 heteroatoms. The van der Waals surface area contributed by atoms with Crippen molar-refractivity contribution in [3.05, 3.63) is 16.9 Å². The monoisotopic (exact) mass is 258 g/mol. The molecule has 0 unspecified atom stereocenters. The summed E-state index contributed by atoms with van der Waals surface area (Å²) >= 11 is 3.12. The predicted molar refractivity (Wildman–Crippen MR) is 41.9 cm³/mol. The first-order valence-electron chi connectivity index (χ1n) is 3.36. The Bertz CT molecular complexity index is 273. The van der Waals surface area contributed by atoms with Gasteiger partial charge in [0.1, 0.15) is 0 Å². The van der Waals surface area contributed by atoms with E-state index in [2.05, 4.69) is 25.8 Å². The Kier molecular flexibility index (Phi) is 3.32. The zero-order chi connectivity index (χ0) is 9.90. The molecule has 1 rings (SSSR count). The zero-order valence-corrected chi connectivity index (χ0v) is 7.97. The van der Waals surface area contributed by atoms with Crippen LogP contribution < -0.4 is 0 Å². The third kappa shape index (κ3) is 4.28. The number of rotatable bonds is 3. The molecular formula is C6H6BrF3N2O. The molecule has 0 N–H and O–H groups in total. The van der Waals surface area contributed by atoms with Crippen molar-refractivity contribution in [2.45, 2.75) is 12.9 Å². The quantitative estimate of drug-likeness (QED) is 0.831. The second-order valence-corrected chi connectivity index (χ2v) is 3.13. The molecule has 3 nitrogen and oxygen atoms in total. The summed E-state index contributed by atoms with van der Waals surface area (Å²) in [4.78, 5) is 0. The second kappa shape index (κ2) is 4.10. The number of alkyl halides is 3. The van der Waals surface area contributed by atoms with Crippen molar-refractivity contribution in [2.24, 2.45) is 0 Å². The molecule has 0 bridgehead atoms. The van der Waals surface area contributed by atoms with Gasteiger partial charge >= 0.3 is 6.36 Å². The van der Waals surface area contributed by atoms with Crippen LogP contribution in [0.5, 0.6) is 0 Å². The lowest BCUT2D eigenvalue weighted by Gasteiger charge is -2.06. The zero-order valence-electron chi connectivity index (χ0n) is 6.38. The third-order valence-corrected chi connectivity index (χ3v) is 1.60. The number of hydrogen-bond donors (Lipinski definition) is 0. The van der Waals surface area contributed by atoms with Crippen molar-refractivity contribution >= 4 is 15.9 Å². The smallest absolute Gasteiger partial charge is 0.290 e. The van der Waals surface area contributed by atoms with Crippen LogP contribution in [0.25, 0.3) is 0 Å². The molecule has 1 aromatic rings. The van der Waals surface area contributed by atoms with E-state index in [9.17, 15) is 13.2 Å². The molecule has 0 aliphatic rings. The van der Waals surface area contributed by atoms with Crippen LogP contribution in [0, 0.1) is 0 Å². The largest absolute Gasteiger partial charge is 0.522 e. The number of aromatic nitrogens is 2. The summed E-state index contributed by atoms with van der Waals surface area (Å²) in [6, 6.07) is 0. The molecule has 1 heterocycles. The lowest BCUT2D eigenvalue weighted by molar-refractivity contribution is -0.325. The fourth-order valence-electron chi connectivity index (χ4n) is 0.716. The van der Waals surface area contributed by atoms with E-state index in [-0.39, 0.29) is 6.54 Å². The molecule has 0 saturated heterocycles. The Morgan fingerprint density at radius 2 is 2.23 bits per heavy atom. The van der Waals surface area contributed by atoms with Gasteiger partial charge in [0, 0.05) is 6.20 Å². The highest BCUT2D eigenvalue weighted by molar-refractivity contribution is 9.10. The van der Waals surface area contributed by atoms with E-state index in [1.165, 1.54) is 10.9 Å². The van der Waals surface area contributed by atoms with Crippen molar-refractivity contribution in [2.75, 3.05) is 6.61 Å². The number of hydrogen-bond acceptors (Lipinski definition) is 2. The first-order chi connectivity index (χ1) is 5.97. The Balaban J connectivity index is 2.28. The van der Waals surface area contributed by atoms with Crippen LogP contribution in [0.1, 0.15) is 0 Å². The van der Waals surface area contributed by atoms with Crippen molar-refractivity contribution in [1.82, 2.24) is 9.78 Å². The Labute approximate surface area is 80.6 Å². The van der Waals surface area contributed by atoms with Crippen molar-refractivity contribution in [3.63, 3.8) is 0 Å². The van der Waals surface area contributed by atoms with Gasteiger partial charge in [0.15, 0.2) is 0 Å². The molecule has 0 fully saturated rings. The fraction of sp³-hybridized carbons (Fsp3) is 0.500. The number of halogens is 4. The highest BCUT2D eigenvalue weighted by atomic mass is 79.9. The van der Waals surface area contributed by atoms with Crippen LogP contribution in [0.3, 0.4) is 0 Å². The van der Waals surface area contributed by atoms with Crippen molar-refractivity contribution in [1.29, 1.82) is 0 Å². The van der Waals surface area contributed by atoms with E-state index in [0.29, 0.717) is 0 Å². The van der Waals surface area contributed by atoms with E-state index in [4.69, 9.17) is 0 Å². The van der Waals surface area contributed by atoms with Crippen LogP contribution in [0.2, 0.25) is 0 Å². The SMILES string of the molecule is FC(F)(F)OCCn1cc(Br)cn1. The van der Waals surface area contributed by atoms with Gasteiger partial charge < -0.3 is 0 Å². The summed E-state index contributed by atoms with van der Waals surface area (Å²) in [5.74, 6) is 0. The van der Waals surface area contributed by atoms with E-state index < -0.39 is 13.0 Å². The van der Waals surface area contributed by atoms with Crippen LogP contribution in [0.4, 0.5) is 13.2 Å². The summed E-state index contributed by atoms with van der Waals surface area (Å²) in [5, 5.41) is 3.76. The van der Waals surface area contributed by atoms with E-state index >= 15 is 0 Å². The van der Waals surface area contributed by atoms with Gasteiger partial charge in [-0.3, -0.25) is 9.42 Å². The Morgan fingerprint density at radius 3 is 2.69 bits per heavy atom. The van der Waals surface area contributed by atoms with Gasteiger partial charge in [-0.2, -0.15) is 5.10 Å². The first kappa shape index (κ1) is 10.5. The first-order valence-corrected chi connectivity index (χ1v) is 4.15. The molecule has 74 valence electrons. The summed E-state index contributed by atoms with van der Waals surface area (Å²) in [7, 11) is 0. The summed E-state index contributed by atoms with van der Waals surface area (Å²) in [6.07, 6.45) is -1.50. The Hall–Kier alpha value is -0.560. The van der Waals surface area contributed by atoms with Gasteiger partial charge in [-0.05, 0) is 15.9 Å². The minimum absolute atomic E-state index is 0.0745. The van der Waals surface area contributed by atoms with Crippen molar-refractivity contribution in [3.8, 4) is 0 Å². The molecule has 0 radical (unpaired) electrons. The lowest BCUT2D eigenvalue weighted by Crippen LogP contribution is -2.17. The molecule has 1 aromatic heterocycles. The average molecular weight is 259 g/mol. The van der Waals surface area contributed by atoms with Crippen LogP contribution in [0.15, 0.2) is 16.9 Å². The highest BCUT2D eigenvalue weighted by Gasteiger charge is 2.28. The maximum atomic E-state index is 11.5. The predicted octanol–water partition coefficient (Wildman–Crippen LogP) is 2.18. The molecule has 0 atom stereocenters. The van der Waals surface area contributed by atoms with Gasteiger partial charge in [0.25, 0.3) is 0 Å². The summed E-state index contributed by atoms with van der Waals surface area (Å²) < 4.78 is 40.2. The van der Waals surface area contributed by atoms with Gasteiger partial charge in [-0.15, -0.1) is 13.2 Å². The molecule has 0 spiro atoms. The molecule has 13 heavy (non-hydrogen) atoms. The molecule has 0 aliphatic carbocycles. The van der Waals surface area contributed by atoms with Gasteiger partial charge in [-0.1, -0.05) is 0 Å². The van der Waals surface area contributed by atoms with E-state index in [1.807, 2.05) is 0 Å². The number of ether oxygens (including phenoxy) is 1. The molecule has 0 aromatic carbocycles. The minimum atomic E-state index is -4.57. The molecule has 0 aliphatic heterocycles. The van der Waals surface area contributed by atoms with Crippen LogP contribution >= 0.6 is 15.9 Å². The van der Waals surface area contributed by atoms with Crippen LogP contribution in [-0.2, 0) is 11.3 Å². The van der Waals surface area contributed by atoms with Gasteiger partial charge in [-0.25, -0.2) is 0 Å². The maximum Gasteiger partial charge on any atom is 0.522 e. The summed E-state index contributed by atoms with van der Waals surface area (Å²) in [6.45, 7) is -0.358. The second-order valence-electron chi connectivity index (χ2n) is 2.22.